The minimum Gasteiger partial charge on any atom is -0.545 e. The van der Waals surface area contributed by atoms with Crippen LogP contribution in [0.2, 0.25) is 0 Å². The van der Waals surface area contributed by atoms with E-state index in [9.17, 15) is 35.1 Å². The maximum absolute atomic E-state index is 12.4. The van der Waals surface area contributed by atoms with Gasteiger partial charge in [-0.25, -0.2) is 4.79 Å². The highest BCUT2D eigenvalue weighted by atomic mass is 16.8. The monoisotopic (exact) mass is 509 g/mol. The largest absolute Gasteiger partial charge is 0.545 e. The Morgan fingerprint density at radius 2 is 1.97 bits per heavy atom. The molecule has 1 fully saturated rings. The molecule has 0 amide bonds. The summed E-state index contributed by atoms with van der Waals surface area (Å²) in [5.74, 6) is -3.40. The van der Waals surface area contributed by atoms with Crippen molar-refractivity contribution in [2.75, 3.05) is 27.3 Å². The van der Waals surface area contributed by atoms with Crippen molar-refractivity contribution < 1.29 is 59.0 Å². The molecule has 198 valence electrons. The first-order valence-corrected chi connectivity index (χ1v) is 11.3. The number of rotatable bonds is 8. The van der Waals surface area contributed by atoms with E-state index in [4.69, 9.17) is 18.9 Å². The van der Waals surface area contributed by atoms with Gasteiger partial charge in [-0.2, -0.15) is 0 Å². The number of carbonyl (C=O) groups is 2. The Morgan fingerprint density at radius 3 is 2.58 bits per heavy atom. The average Bonchev–Trinajstić information content (AvgIpc) is 2.86. The molecule has 9 atom stereocenters. The van der Waals surface area contributed by atoms with Gasteiger partial charge in [0, 0.05) is 11.5 Å². The molecule has 3 heterocycles. The number of esters is 1. The molecule has 0 radical (unpaired) electrons. The van der Waals surface area contributed by atoms with E-state index in [1.807, 2.05) is 0 Å². The van der Waals surface area contributed by atoms with Crippen LogP contribution in [0.25, 0.3) is 0 Å². The number of carboxylic acid groups (broad SMARTS) is 1. The molecule has 0 spiro atoms. The van der Waals surface area contributed by atoms with Gasteiger partial charge in [-0.15, -0.1) is 6.58 Å². The number of carbonyl (C=O) groups excluding carboxylic acids is 2. The van der Waals surface area contributed by atoms with Crippen LogP contribution in [0.15, 0.2) is 60.1 Å². The van der Waals surface area contributed by atoms with Gasteiger partial charge < -0.3 is 54.2 Å². The number of aliphatic hydroxyl groups excluding tert-OH is 4. The van der Waals surface area contributed by atoms with E-state index in [0.29, 0.717) is 12.1 Å². The number of aliphatic carboxylic acids is 1. The van der Waals surface area contributed by atoms with Gasteiger partial charge in [-0.05, 0) is 6.08 Å². The zero-order valence-electron chi connectivity index (χ0n) is 19.9. The average molecular weight is 510 g/mol. The maximum atomic E-state index is 12.4. The van der Waals surface area contributed by atoms with Crippen LogP contribution in [0.3, 0.4) is 0 Å². The van der Waals surface area contributed by atoms with E-state index >= 15 is 0 Å². The van der Waals surface area contributed by atoms with Crippen molar-refractivity contribution in [3.63, 3.8) is 0 Å². The van der Waals surface area contributed by atoms with Gasteiger partial charge in [-0.1, -0.05) is 18.2 Å². The number of aliphatic hydroxyl groups is 4. The smallest absolute Gasteiger partial charge is 0.337 e. The molecular weight excluding hydrogens is 478 g/mol. The Labute approximate surface area is 207 Å². The predicted octanol–water partition coefficient (Wildman–Crippen LogP) is -3.72. The molecule has 0 bridgehead atoms. The van der Waals surface area contributed by atoms with E-state index < -0.39 is 67.4 Å². The molecule has 0 aliphatic carbocycles. The number of quaternary nitrogens is 1. The quantitative estimate of drug-likeness (QED) is 0.160. The summed E-state index contributed by atoms with van der Waals surface area (Å²) < 4.78 is 21.6. The van der Waals surface area contributed by atoms with Crippen molar-refractivity contribution in [3.8, 4) is 0 Å². The second-order valence-electron chi connectivity index (χ2n) is 8.73. The van der Waals surface area contributed by atoms with Gasteiger partial charge in [0.2, 0.25) is 6.29 Å². The van der Waals surface area contributed by atoms with Crippen molar-refractivity contribution >= 4 is 11.9 Å². The number of likely N-dealkylation sites (N-methyl/N-ethyl adjacent to an activating group) is 1. The zero-order valence-corrected chi connectivity index (χ0v) is 19.9. The molecule has 1 saturated heterocycles. The minimum atomic E-state index is -1.66. The van der Waals surface area contributed by atoms with Gasteiger partial charge in [-0.3, -0.25) is 0 Å². The SMILES string of the molecule is C=C[C@H]1[C@H](O[C@@H]2O[C@H](CO)[C@@H](O)[C@H](O)[C@H]2O)OC=C(C(=O)OC)[C@H]1/C=C/C1=CC(C(=O)[O-])=C[NH+](C)C1. The second-order valence-corrected chi connectivity index (χ2v) is 8.73. The molecule has 0 saturated carbocycles. The van der Waals surface area contributed by atoms with Crippen LogP contribution in [-0.4, -0.2) is 96.7 Å². The molecular formula is C24H31NO11. The van der Waals surface area contributed by atoms with Gasteiger partial charge in [0.15, 0.2) is 6.29 Å². The standard InChI is InChI=1S/C24H31NO11/c1-4-14-15(6-5-12-7-13(21(30)31)9-25(2)8-12)16(22(32)33-3)11-34-23(14)36-24-20(29)19(28)18(27)17(10-26)35-24/h4-7,9,11,14-15,17-20,23-24,26-29H,1,8,10H2,2-3H3,(H,30,31)/b6-5+/t14-,15+,17-,18-,19+,20-,23+,24+/m1/s1. The van der Waals surface area contributed by atoms with Crippen molar-refractivity contribution in [1.29, 1.82) is 0 Å². The summed E-state index contributed by atoms with van der Waals surface area (Å²) in [6.45, 7) is 3.65. The lowest BCUT2D eigenvalue weighted by Crippen LogP contribution is -3.05. The topological polar surface area (TPSA) is 179 Å². The third kappa shape index (κ3) is 5.93. The summed E-state index contributed by atoms with van der Waals surface area (Å²) in [7, 11) is 3.00. The summed E-state index contributed by atoms with van der Waals surface area (Å²) in [4.78, 5) is 24.6. The number of hydrogen-bond donors (Lipinski definition) is 5. The van der Waals surface area contributed by atoms with Crippen LogP contribution in [0.4, 0.5) is 0 Å². The second kappa shape index (κ2) is 11.9. The van der Waals surface area contributed by atoms with Crippen LogP contribution < -0.4 is 10.0 Å². The molecule has 1 unspecified atom stereocenters. The lowest BCUT2D eigenvalue weighted by molar-refractivity contribution is -0.820. The summed E-state index contributed by atoms with van der Waals surface area (Å²) in [5, 5.41) is 51.1. The van der Waals surface area contributed by atoms with Gasteiger partial charge in [0.25, 0.3) is 0 Å². The first-order valence-electron chi connectivity index (χ1n) is 11.3. The Hall–Kier alpha value is -2.84. The highest BCUT2D eigenvalue weighted by Crippen LogP contribution is 2.36. The number of hydrogen-bond acceptors (Lipinski definition) is 11. The van der Waals surface area contributed by atoms with E-state index in [1.54, 1.807) is 19.2 Å². The van der Waals surface area contributed by atoms with E-state index in [1.165, 1.54) is 25.5 Å². The fraction of sp³-hybridized carbons (Fsp3) is 0.500. The first kappa shape index (κ1) is 27.7. The lowest BCUT2D eigenvalue weighted by Gasteiger charge is -2.42. The molecule has 5 N–H and O–H groups in total. The molecule has 36 heavy (non-hydrogen) atoms. The summed E-state index contributed by atoms with van der Waals surface area (Å²) >= 11 is 0. The molecule has 0 aromatic carbocycles. The Balaban J connectivity index is 1.88. The first-order chi connectivity index (χ1) is 17.1. The summed E-state index contributed by atoms with van der Waals surface area (Å²) in [6.07, 6.45) is 0.295. The van der Waals surface area contributed by atoms with Crippen LogP contribution in [-0.2, 0) is 28.5 Å². The van der Waals surface area contributed by atoms with Crippen molar-refractivity contribution in [2.45, 2.75) is 37.0 Å². The third-order valence-corrected chi connectivity index (χ3v) is 6.21. The summed E-state index contributed by atoms with van der Waals surface area (Å²) in [5.41, 5.74) is 0.831. The highest BCUT2D eigenvalue weighted by molar-refractivity contribution is 5.89. The maximum Gasteiger partial charge on any atom is 0.337 e. The Kier molecular flexibility index (Phi) is 9.19. The van der Waals surface area contributed by atoms with Crippen molar-refractivity contribution in [1.82, 2.24) is 0 Å². The zero-order chi connectivity index (χ0) is 26.6. The van der Waals surface area contributed by atoms with E-state index in [-0.39, 0.29) is 11.1 Å². The lowest BCUT2D eigenvalue weighted by atomic mass is 9.83. The Bertz CT molecular complexity index is 969. The predicted molar refractivity (Wildman–Crippen MR) is 119 cm³/mol. The summed E-state index contributed by atoms with van der Waals surface area (Å²) in [6, 6.07) is 0. The van der Waals surface area contributed by atoms with Crippen LogP contribution in [0.5, 0.6) is 0 Å². The number of carboxylic acids is 1. The van der Waals surface area contributed by atoms with Gasteiger partial charge >= 0.3 is 5.97 Å². The highest BCUT2D eigenvalue weighted by Gasteiger charge is 2.47. The molecule has 12 heteroatoms. The van der Waals surface area contributed by atoms with E-state index in [0.717, 1.165) is 11.2 Å². The number of ether oxygens (including phenoxy) is 4. The normalized spacial score (nSPS) is 36.8. The molecule has 12 nitrogen and oxygen atoms in total. The van der Waals surface area contributed by atoms with Crippen molar-refractivity contribution in [2.24, 2.45) is 11.8 Å². The van der Waals surface area contributed by atoms with Crippen LogP contribution in [0.1, 0.15) is 0 Å². The fourth-order valence-corrected chi connectivity index (χ4v) is 4.30. The Morgan fingerprint density at radius 1 is 1.25 bits per heavy atom. The van der Waals surface area contributed by atoms with Crippen molar-refractivity contribution in [3.05, 3.63) is 60.1 Å². The third-order valence-electron chi connectivity index (χ3n) is 6.21. The number of allylic oxidation sites excluding steroid dienone is 1. The molecule has 3 aliphatic rings. The van der Waals surface area contributed by atoms with Crippen LogP contribution >= 0.6 is 0 Å². The molecule has 0 aromatic heterocycles. The minimum absolute atomic E-state index is 0.0261. The van der Waals surface area contributed by atoms with Gasteiger partial charge in [0.05, 0.1) is 50.1 Å². The molecule has 3 aliphatic heterocycles. The fourth-order valence-electron chi connectivity index (χ4n) is 4.30. The molecule has 3 rings (SSSR count). The van der Waals surface area contributed by atoms with E-state index in [2.05, 4.69) is 6.58 Å². The van der Waals surface area contributed by atoms with Gasteiger partial charge in [0.1, 0.15) is 37.2 Å². The number of nitrogens with one attached hydrogen (secondary N) is 1. The number of methoxy groups -OCH3 is 1. The van der Waals surface area contributed by atoms with Crippen LogP contribution in [0, 0.1) is 11.8 Å². The molecule has 0 aromatic rings.